The number of aromatic amines is 1. The zero-order valence-corrected chi connectivity index (χ0v) is 11.8. The van der Waals surface area contributed by atoms with Gasteiger partial charge < -0.3 is 15.0 Å². The van der Waals surface area contributed by atoms with Gasteiger partial charge in [-0.2, -0.15) is 0 Å². The molecule has 2 N–H and O–H groups in total. The minimum atomic E-state index is -0.117. The number of amides is 1. The zero-order valence-electron chi connectivity index (χ0n) is 11.8. The summed E-state index contributed by atoms with van der Waals surface area (Å²) < 4.78 is 5.58. The molecular formula is C16H20N2O2. The Morgan fingerprint density at radius 1 is 1.25 bits per heavy atom. The van der Waals surface area contributed by atoms with Crippen molar-refractivity contribution in [2.24, 2.45) is 0 Å². The molecule has 2 aromatic rings. The van der Waals surface area contributed by atoms with E-state index in [0.29, 0.717) is 24.8 Å². The summed E-state index contributed by atoms with van der Waals surface area (Å²) in [5.74, 6) is 1.22. The van der Waals surface area contributed by atoms with Crippen molar-refractivity contribution in [3.05, 3.63) is 53.9 Å². The number of hydrogen-bond acceptors (Lipinski definition) is 2. The molecule has 0 aliphatic rings. The SMILES string of the molecule is CC(C)c1ccc(OCCNC(=O)c2ccc[nH]2)cc1. The number of ether oxygens (including phenoxy) is 1. The van der Waals surface area contributed by atoms with Gasteiger partial charge in [-0.1, -0.05) is 26.0 Å². The largest absolute Gasteiger partial charge is 0.492 e. The lowest BCUT2D eigenvalue weighted by Crippen LogP contribution is -2.28. The molecule has 20 heavy (non-hydrogen) atoms. The maximum atomic E-state index is 11.6. The molecule has 106 valence electrons. The number of aromatic nitrogens is 1. The van der Waals surface area contributed by atoms with Crippen molar-refractivity contribution in [2.75, 3.05) is 13.2 Å². The summed E-state index contributed by atoms with van der Waals surface area (Å²) in [6.07, 6.45) is 1.72. The molecule has 0 aliphatic carbocycles. The van der Waals surface area contributed by atoms with Crippen molar-refractivity contribution in [3.8, 4) is 5.75 Å². The lowest BCUT2D eigenvalue weighted by Gasteiger charge is -2.09. The normalized spacial score (nSPS) is 10.6. The predicted molar refractivity (Wildman–Crippen MR) is 79.2 cm³/mol. The van der Waals surface area contributed by atoms with Crippen LogP contribution in [0, 0.1) is 0 Å². The van der Waals surface area contributed by atoms with Gasteiger partial charge in [-0.25, -0.2) is 0 Å². The first-order valence-corrected chi connectivity index (χ1v) is 6.81. The Morgan fingerprint density at radius 2 is 2.00 bits per heavy atom. The molecule has 0 fully saturated rings. The fraction of sp³-hybridized carbons (Fsp3) is 0.312. The van der Waals surface area contributed by atoms with Crippen molar-refractivity contribution in [1.29, 1.82) is 0 Å². The second kappa shape index (κ2) is 6.80. The fourth-order valence-corrected chi connectivity index (χ4v) is 1.85. The quantitative estimate of drug-likeness (QED) is 0.794. The molecule has 0 saturated carbocycles. The Balaban J connectivity index is 1.72. The molecule has 0 unspecified atom stereocenters. The summed E-state index contributed by atoms with van der Waals surface area (Å²) in [6.45, 7) is 5.25. The number of carbonyl (C=O) groups excluding carboxylic acids is 1. The van der Waals surface area contributed by atoms with Gasteiger partial charge in [0.05, 0.1) is 6.54 Å². The molecule has 4 heteroatoms. The Kier molecular flexibility index (Phi) is 4.82. The molecule has 1 heterocycles. The van der Waals surface area contributed by atoms with Crippen LogP contribution in [0.1, 0.15) is 35.8 Å². The third-order valence-corrected chi connectivity index (χ3v) is 3.05. The van der Waals surface area contributed by atoms with E-state index in [-0.39, 0.29) is 5.91 Å². The fourth-order valence-electron chi connectivity index (χ4n) is 1.85. The molecule has 0 radical (unpaired) electrons. The average Bonchev–Trinajstić information content (AvgIpc) is 2.98. The second-order valence-electron chi connectivity index (χ2n) is 4.91. The highest BCUT2D eigenvalue weighted by atomic mass is 16.5. The van der Waals surface area contributed by atoms with Crippen LogP contribution in [0.2, 0.25) is 0 Å². The van der Waals surface area contributed by atoms with E-state index in [2.05, 4.69) is 36.3 Å². The molecule has 1 amide bonds. The van der Waals surface area contributed by atoms with Gasteiger partial charge in [0, 0.05) is 6.20 Å². The van der Waals surface area contributed by atoms with E-state index in [4.69, 9.17) is 4.74 Å². The smallest absolute Gasteiger partial charge is 0.267 e. The molecule has 0 spiro atoms. The van der Waals surface area contributed by atoms with Gasteiger partial charge in [-0.05, 0) is 35.7 Å². The third-order valence-electron chi connectivity index (χ3n) is 3.05. The van der Waals surface area contributed by atoms with E-state index >= 15 is 0 Å². The van der Waals surface area contributed by atoms with Gasteiger partial charge in [0.2, 0.25) is 0 Å². The first-order chi connectivity index (χ1) is 9.66. The summed E-state index contributed by atoms with van der Waals surface area (Å²) in [6, 6.07) is 11.6. The highest BCUT2D eigenvalue weighted by Crippen LogP contribution is 2.18. The second-order valence-corrected chi connectivity index (χ2v) is 4.91. The molecule has 1 aromatic heterocycles. The van der Waals surface area contributed by atoms with Gasteiger partial charge >= 0.3 is 0 Å². The number of H-pyrrole nitrogens is 1. The van der Waals surface area contributed by atoms with Crippen LogP contribution in [0.4, 0.5) is 0 Å². The Hall–Kier alpha value is -2.23. The maximum absolute atomic E-state index is 11.6. The maximum Gasteiger partial charge on any atom is 0.267 e. The topological polar surface area (TPSA) is 54.1 Å². The van der Waals surface area contributed by atoms with E-state index in [0.717, 1.165) is 5.75 Å². The zero-order chi connectivity index (χ0) is 14.4. The Labute approximate surface area is 119 Å². The Morgan fingerprint density at radius 3 is 2.60 bits per heavy atom. The van der Waals surface area contributed by atoms with Crippen LogP contribution in [0.5, 0.6) is 5.75 Å². The molecule has 0 bridgehead atoms. The molecular weight excluding hydrogens is 252 g/mol. The molecule has 0 saturated heterocycles. The number of nitrogens with one attached hydrogen (secondary N) is 2. The van der Waals surface area contributed by atoms with Crippen LogP contribution >= 0.6 is 0 Å². The molecule has 0 atom stereocenters. The van der Waals surface area contributed by atoms with Crippen molar-refractivity contribution in [3.63, 3.8) is 0 Å². The summed E-state index contributed by atoms with van der Waals surface area (Å²) in [5.41, 5.74) is 1.85. The van der Waals surface area contributed by atoms with Gasteiger partial charge in [0.25, 0.3) is 5.91 Å². The first-order valence-electron chi connectivity index (χ1n) is 6.81. The minimum Gasteiger partial charge on any atom is -0.492 e. The van der Waals surface area contributed by atoms with Gasteiger partial charge in [0.15, 0.2) is 0 Å². The van der Waals surface area contributed by atoms with Crippen molar-refractivity contribution in [2.45, 2.75) is 19.8 Å². The summed E-state index contributed by atoms with van der Waals surface area (Å²) >= 11 is 0. The monoisotopic (exact) mass is 272 g/mol. The van der Waals surface area contributed by atoms with Gasteiger partial charge in [-0.3, -0.25) is 4.79 Å². The summed E-state index contributed by atoms with van der Waals surface area (Å²) in [5, 5.41) is 2.79. The van der Waals surface area contributed by atoms with Crippen molar-refractivity contribution < 1.29 is 9.53 Å². The number of benzene rings is 1. The van der Waals surface area contributed by atoms with Crippen LogP contribution in [-0.4, -0.2) is 24.0 Å². The van der Waals surface area contributed by atoms with Crippen LogP contribution in [0.15, 0.2) is 42.6 Å². The minimum absolute atomic E-state index is 0.117. The predicted octanol–water partition coefficient (Wildman–Crippen LogP) is 2.95. The molecule has 4 nitrogen and oxygen atoms in total. The highest BCUT2D eigenvalue weighted by molar-refractivity contribution is 5.92. The van der Waals surface area contributed by atoms with Crippen molar-refractivity contribution in [1.82, 2.24) is 10.3 Å². The van der Waals surface area contributed by atoms with E-state index in [1.165, 1.54) is 5.56 Å². The number of rotatable bonds is 6. The van der Waals surface area contributed by atoms with E-state index in [1.807, 2.05) is 12.1 Å². The van der Waals surface area contributed by atoms with Crippen molar-refractivity contribution >= 4 is 5.91 Å². The molecule has 0 aliphatic heterocycles. The number of carbonyl (C=O) groups is 1. The lowest BCUT2D eigenvalue weighted by atomic mass is 10.0. The third kappa shape index (κ3) is 3.88. The van der Waals surface area contributed by atoms with Crippen LogP contribution in [0.3, 0.4) is 0 Å². The van der Waals surface area contributed by atoms with E-state index < -0.39 is 0 Å². The first kappa shape index (κ1) is 14.2. The van der Waals surface area contributed by atoms with Gasteiger partial charge in [-0.15, -0.1) is 0 Å². The van der Waals surface area contributed by atoms with Crippen LogP contribution in [-0.2, 0) is 0 Å². The molecule has 1 aromatic carbocycles. The Bertz CT molecular complexity index is 530. The highest BCUT2D eigenvalue weighted by Gasteiger charge is 2.04. The lowest BCUT2D eigenvalue weighted by molar-refractivity contribution is 0.0942. The summed E-state index contributed by atoms with van der Waals surface area (Å²) in [7, 11) is 0. The standard InChI is InChI=1S/C16H20N2O2/c1-12(2)13-5-7-14(8-6-13)20-11-10-18-16(19)15-4-3-9-17-15/h3-9,12,17H,10-11H2,1-2H3,(H,18,19). The average molecular weight is 272 g/mol. The number of hydrogen-bond donors (Lipinski definition) is 2. The van der Waals surface area contributed by atoms with E-state index in [1.54, 1.807) is 18.3 Å². The summed E-state index contributed by atoms with van der Waals surface area (Å²) in [4.78, 5) is 14.5. The van der Waals surface area contributed by atoms with Crippen LogP contribution < -0.4 is 10.1 Å². The van der Waals surface area contributed by atoms with Gasteiger partial charge in [0.1, 0.15) is 18.1 Å². The van der Waals surface area contributed by atoms with Crippen LogP contribution in [0.25, 0.3) is 0 Å². The molecule has 2 rings (SSSR count). The van der Waals surface area contributed by atoms with E-state index in [9.17, 15) is 4.79 Å².